The van der Waals surface area contributed by atoms with Gasteiger partial charge in [0.15, 0.2) is 6.23 Å². The third kappa shape index (κ3) is 4.96. The monoisotopic (exact) mass is 410 g/mol. The van der Waals surface area contributed by atoms with Gasteiger partial charge in [-0.05, 0) is 19.4 Å². The lowest BCUT2D eigenvalue weighted by molar-refractivity contribution is -0.919. The Hall–Kier alpha value is -0.320. The van der Waals surface area contributed by atoms with Gasteiger partial charge in [-0.1, -0.05) is 0 Å². The fraction of sp³-hybridized carbons (Fsp3) is 1.00. The van der Waals surface area contributed by atoms with Crippen LogP contribution in [0.2, 0.25) is 0 Å². The van der Waals surface area contributed by atoms with E-state index in [2.05, 4.69) is 26.3 Å². The van der Waals surface area contributed by atoms with Crippen LogP contribution in [0.25, 0.3) is 0 Å². The van der Waals surface area contributed by atoms with E-state index in [9.17, 15) is 0 Å². The summed E-state index contributed by atoms with van der Waals surface area (Å²) >= 11 is 0. The van der Waals surface area contributed by atoms with Crippen LogP contribution in [0.4, 0.5) is 0 Å². The number of ether oxygens (including phenoxy) is 1. The molecule has 166 valence electrons. The minimum atomic E-state index is 0.168. The molecule has 0 amide bonds. The maximum Gasteiger partial charge on any atom is 0.183 e. The molecule has 5 aliphatic heterocycles. The van der Waals surface area contributed by atoms with E-state index in [0.29, 0.717) is 24.3 Å². The molecule has 0 bridgehead atoms. The number of rotatable bonds is 5. The highest BCUT2D eigenvalue weighted by atomic mass is 16.7. The van der Waals surface area contributed by atoms with Crippen LogP contribution in [0.15, 0.2) is 0 Å². The Bertz CT molecular complexity index is 513. The molecule has 0 aliphatic carbocycles. The Kier molecular flexibility index (Phi) is 7.00. The van der Waals surface area contributed by atoms with Crippen molar-refractivity contribution < 1.29 is 19.8 Å². The molecule has 0 saturated carbocycles. The van der Waals surface area contributed by atoms with Gasteiger partial charge >= 0.3 is 0 Å². The average Bonchev–Trinajstić information content (AvgIpc) is 3.45. The smallest absolute Gasteiger partial charge is 0.183 e. The molecule has 29 heavy (non-hydrogen) atoms. The molecule has 6 unspecified atom stereocenters. The molecule has 0 spiro atoms. The zero-order chi connectivity index (χ0) is 19.5. The molecule has 7 atom stereocenters. The Morgan fingerprint density at radius 2 is 2.03 bits per heavy atom. The number of nitrogens with two attached hydrogens (primary N) is 1. The Balaban J connectivity index is 1.13. The molecule has 5 aliphatic rings. The fourth-order valence-corrected chi connectivity index (χ4v) is 6.39. The topological polar surface area (TPSA) is 78.8 Å². The number of hydrogen-bond acceptors (Lipinski definition) is 6. The predicted molar refractivity (Wildman–Crippen MR) is 110 cm³/mol. The summed E-state index contributed by atoms with van der Waals surface area (Å²) in [6.45, 7) is 10.2. The molecule has 8 heteroatoms. The summed E-state index contributed by atoms with van der Waals surface area (Å²) in [5.41, 5.74) is 3.41. The number of nitrogens with one attached hydrogen (secondary N) is 4. The first kappa shape index (κ1) is 20.6. The molecule has 0 aromatic rings. The van der Waals surface area contributed by atoms with Crippen molar-refractivity contribution in [2.75, 3.05) is 59.0 Å². The lowest BCUT2D eigenvalue weighted by Crippen LogP contribution is -3.16. The second-order valence-electron chi connectivity index (χ2n) is 9.90. The third-order valence-electron chi connectivity index (χ3n) is 8.02. The van der Waals surface area contributed by atoms with Crippen LogP contribution in [0.3, 0.4) is 0 Å². The largest absolute Gasteiger partial charge is 0.379 e. The van der Waals surface area contributed by atoms with Gasteiger partial charge in [0.05, 0.1) is 39.0 Å². The number of nitrogens with zero attached hydrogens (tertiary/aromatic N) is 1. The van der Waals surface area contributed by atoms with E-state index in [-0.39, 0.29) is 6.23 Å². The molecule has 5 heterocycles. The minimum absolute atomic E-state index is 0.168. The second kappa shape index (κ2) is 9.87. The number of hydroxylamine groups is 1. The van der Waals surface area contributed by atoms with Crippen molar-refractivity contribution in [2.45, 2.75) is 63.1 Å². The van der Waals surface area contributed by atoms with E-state index in [4.69, 9.17) is 9.57 Å². The summed E-state index contributed by atoms with van der Waals surface area (Å²) in [4.78, 5) is 10.5. The molecule has 0 aromatic carbocycles. The summed E-state index contributed by atoms with van der Waals surface area (Å²) in [5.74, 6) is 1.48. The molecular formula is C21H42N6O2+2. The summed E-state index contributed by atoms with van der Waals surface area (Å²) < 4.78 is 5.55. The van der Waals surface area contributed by atoms with Crippen LogP contribution < -0.4 is 26.3 Å². The summed E-state index contributed by atoms with van der Waals surface area (Å²) in [6.07, 6.45) is 8.93. The molecular weight excluding hydrogens is 368 g/mol. The van der Waals surface area contributed by atoms with Gasteiger partial charge in [0.2, 0.25) is 0 Å². The lowest BCUT2D eigenvalue weighted by Gasteiger charge is -2.38. The van der Waals surface area contributed by atoms with Crippen LogP contribution in [-0.4, -0.2) is 88.5 Å². The Morgan fingerprint density at radius 1 is 1.10 bits per heavy atom. The molecule has 6 N–H and O–H groups in total. The molecule has 0 radical (unpaired) electrons. The van der Waals surface area contributed by atoms with E-state index < -0.39 is 0 Å². The minimum Gasteiger partial charge on any atom is -0.379 e. The zero-order valence-corrected chi connectivity index (χ0v) is 17.9. The quantitative estimate of drug-likeness (QED) is 0.343. The van der Waals surface area contributed by atoms with Crippen molar-refractivity contribution >= 4 is 0 Å². The van der Waals surface area contributed by atoms with Gasteiger partial charge in [0, 0.05) is 57.2 Å². The Morgan fingerprint density at radius 3 is 2.90 bits per heavy atom. The maximum atomic E-state index is 6.16. The van der Waals surface area contributed by atoms with Crippen molar-refractivity contribution in [3.63, 3.8) is 0 Å². The highest BCUT2D eigenvalue weighted by Gasteiger charge is 2.44. The van der Waals surface area contributed by atoms with Gasteiger partial charge in [-0.25, -0.2) is 4.90 Å². The Labute approximate surface area is 175 Å². The first-order valence-electron chi connectivity index (χ1n) is 12.2. The molecule has 5 rings (SSSR count). The van der Waals surface area contributed by atoms with E-state index >= 15 is 0 Å². The fourth-order valence-electron chi connectivity index (χ4n) is 6.39. The number of piperidine rings is 2. The van der Waals surface area contributed by atoms with E-state index in [1.807, 2.05) is 0 Å². The highest BCUT2D eigenvalue weighted by molar-refractivity contribution is 4.85. The highest BCUT2D eigenvalue weighted by Crippen LogP contribution is 2.22. The first-order valence-corrected chi connectivity index (χ1v) is 12.2. The number of quaternary nitrogens is 2. The second-order valence-corrected chi connectivity index (χ2v) is 9.90. The third-order valence-corrected chi connectivity index (χ3v) is 8.02. The standard InChI is InChI=1S/C21H40N6O2/c1-3-16(14-22-6-1)15-27-8-2-4-18(27)21-24-20(25-29-21)17-5-7-23-19(13-17)26-9-11-28-12-10-26/h16-25H,1-15H2/p+2/t16?,17?,18-,19?,20?,21?/m0/s1. The van der Waals surface area contributed by atoms with Crippen LogP contribution in [0.5, 0.6) is 0 Å². The molecule has 5 fully saturated rings. The van der Waals surface area contributed by atoms with E-state index in [0.717, 1.165) is 32.2 Å². The van der Waals surface area contributed by atoms with Crippen LogP contribution >= 0.6 is 0 Å². The van der Waals surface area contributed by atoms with Crippen molar-refractivity contribution in [1.82, 2.24) is 21.0 Å². The number of hydrogen-bond donors (Lipinski definition) is 5. The number of morpholine rings is 1. The average molecular weight is 411 g/mol. The van der Waals surface area contributed by atoms with Crippen LogP contribution in [0.1, 0.15) is 38.5 Å². The van der Waals surface area contributed by atoms with Gasteiger partial charge in [-0.3, -0.25) is 10.2 Å². The molecule has 8 nitrogen and oxygen atoms in total. The van der Waals surface area contributed by atoms with Crippen LogP contribution in [-0.2, 0) is 9.57 Å². The van der Waals surface area contributed by atoms with Crippen LogP contribution in [0, 0.1) is 11.8 Å². The van der Waals surface area contributed by atoms with Crippen molar-refractivity contribution in [3.8, 4) is 0 Å². The van der Waals surface area contributed by atoms with Crippen molar-refractivity contribution in [1.29, 1.82) is 0 Å². The van der Waals surface area contributed by atoms with Gasteiger partial charge in [-0.2, -0.15) is 5.48 Å². The summed E-state index contributed by atoms with van der Waals surface area (Å²) in [6, 6.07) is 0.597. The first-order chi connectivity index (χ1) is 14.4. The SMILES string of the molecule is C1CNCC(C[NH+]2CCC[C@H]2C2NC(C3CC[NH2+]C(N4CCOCC4)C3)NO2)C1. The van der Waals surface area contributed by atoms with Crippen molar-refractivity contribution in [3.05, 3.63) is 0 Å². The number of likely N-dealkylation sites (tertiary alicyclic amines) is 1. The van der Waals surface area contributed by atoms with Gasteiger partial charge in [0.1, 0.15) is 12.2 Å². The normalized spacial score (nSPS) is 44.9. The van der Waals surface area contributed by atoms with Crippen molar-refractivity contribution in [2.24, 2.45) is 11.8 Å². The van der Waals surface area contributed by atoms with Gasteiger partial charge < -0.3 is 20.3 Å². The maximum absolute atomic E-state index is 6.16. The van der Waals surface area contributed by atoms with E-state index in [1.54, 1.807) is 4.90 Å². The summed E-state index contributed by atoms with van der Waals surface area (Å²) in [7, 11) is 0. The lowest BCUT2D eigenvalue weighted by atomic mass is 9.92. The predicted octanol–water partition coefficient (Wildman–Crippen LogP) is -2.56. The van der Waals surface area contributed by atoms with Gasteiger partial charge in [0.25, 0.3) is 0 Å². The molecule has 5 saturated heterocycles. The summed E-state index contributed by atoms with van der Waals surface area (Å²) in [5, 5.41) is 9.99. The van der Waals surface area contributed by atoms with Gasteiger partial charge in [-0.15, -0.1) is 0 Å². The van der Waals surface area contributed by atoms with E-state index in [1.165, 1.54) is 71.2 Å². The molecule has 0 aromatic heterocycles. The zero-order valence-electron chi connectivity index (χ0n) is 17.9.